The lowest BCUT2D eigenvalue weighted by Gasteiger charge is -2.11. The molecule has 0 bridgehead atoms. The average molecular weight is 502 g/mol. The van der Waals surface area contributed by atoms with Gasteiger partial charge < -0.3 is 9.47 Å². The van der Waals surface area contributed by atoms with Crippen LogP contribution in [-0.4, -0.2) is 22.9 Å². The highest BCUT2D eigenvalue weighted by Gasteiger charge is 2.32. The van der Waals surface area contributed by atoms with Crippen molar-refractivity contribution in [2.75, 3.05) is 6.61 Å². The molecule has 9 heteroatoms. The molecule has 0 saturated heterocycles. The maximum Gasteiger partial charge on any atom is 0.573 e. The zero-order valence-corrected chi connectivity index (χ0v) is 19.4. The summed E-state index contributed by atoms with van der Waals surface area (Å²) in [4.78, 5) is 8.59. The molecule has 0 amide bonds. The predicted octanol–water partition coefficient (Wildman–Crippen LogP) is 6.78. The Labute approximate surface area is 204 Å². The zero-order valence-electron chi connectivity index (χ0n) is 19.4. The highest BCUT2D eigenvalue weighted by atomic mass is 19.4. The van der Waals surface area contributed by atoms with Gasteiger partial charge in [0.05, 0.1) is 19.0 Å². The van der Waals surface area contributed by atoms with Gasteiger partial charge in [0.1, 0.15) is 11.6 Å². The van der Waals surface area contributed by atoms with Gasteiger partial charge in [0.25, 0.3) is 0 Å². The van der Waals surface area contributed by atoms with Crippen LogP contribution in [0, 0.1) is 11.6 Å². The molecule has 0 unspecified atom stereocenters. The maximum atomic E-state index is 15.1. The molecule has 4 aromatic rings. The van der Waals surface area contributed by atoms with E-state index < -0.39 is 17.9 Å². The number of rotatable bonds is 9. The molecule has 0 aliphatic heterocycles. The van der Waals surface area contributed by atoms with Gasteiger partial charge in [-0.05, 0) is 60.4 Å². The van der Waals surface area contributed by atoms with E-state index in [1.807, 2.05) is 25.1 Å². The number of nitrogens with zero attached hydrogens (tertiary/aromatic N) is 2. The van der Waals surface area contributed by atoms with Crippen LogP contribution in [0.4, 0.5) is 22.0 Å². The van der Waals surface area contributed by atoms with Crippen molar-refractivity contribution in [3.05, 3.63) is 95.1 Å². The second-order valence-corrected chi connectivity index (χ2v) is 8.17. The number of fused-ring (bicyclic) bond motifs is 1. The van der Waals surface area contributed by atoms with Crippen LogP contribution in [0.3, 0.4) is 0 Å². The first-order valence-corrected chi connectivity index (χ1v) is 11.4. The minimum Gasteiger partial charge on any atom is -0.491 e. The van der Waals surface area contributed by atoms with Gasteiger partial charge in [-0.3, -0.25) is 0 Å². The second-order valence-electron chi connectivity index (χ2n) is 8.17. The molecule has 0 atom stereocenters. The first-order chi connectivity index (χ1) is 17.2. The molecule has 1 heterocycles. The summed E-state index contributed by atoms with van der Waals surface area (Å²) in [6, 6.07) is 12.2. The van der Waals surface area contributed by atoms with E-state index in [-0.39, 0.29) is 18.7 Å². The molecule has 0 fully saturated rings. The number of alkyl halides is 3. The highest BCUT2D eigenvalue weighted by Crippen LogP contribution is 2.28. The van der Waals surface area contributed by atoms with Crippen LogP contribution in [0.5, 0.6) is 11.5 Å². The van der Waals surface area contributed by atoms with Crippen molar-refractivity contribution in [1.82, 2.24) is 9.97 Å². The minimum atomic E-state index is -4.97. The van der Waals surface area contributed by atoms with E-state index in [2.05, 4.69) is 14.7 Å². The van der Waals surface area contributed by atoms with Gasteiger partial charge in [0, 0.05) is 11.8 Å². The summed E-state index contributed by atoms with van der Waals surface area (Å²) in [5.74, 6) is -1.07. The number of hydrogen-bond donors (Lipinski definition) is 0. The van der Waals surface area contributed by atoms with Gasteiger partial charge >= 0.3 is 6.36 Å². The quantitative estimate of drug-likeness (QED) is 0.237. The van der Waals surface area contributed by atoms with Crippen LogP contribution in [0.15, 0.2) is 60.9 Å². The Morgan fingerprint density at radius 3 is 2.19 bits per heavy atom. The third-order valence-corrected chi connectivity index (χ3v) is 5.63. The lowest BCUT2D eigenvalue weighted by molar-refractivity contribution is -0.275. The molecule has 1 aromatic heterocycles. The molecule has 0 N–H and O–H groups in total. The van der Waals surface area contributed by atoms with Gasteiger partial charge in [0.2, 0.25) is 0 Å². The summed E-state index contributed by atoms with van der Waals surface area (Å²) in [6.07, 6.45) is 0.141. The first-order valence-electron chi connectivity index (χ1n) is 11.4. The van der Waals surface area contributed by atoms with Crippen LogP contribution in [-0.2, 0) is 25.7 Å². The lowest BCUT2D eigenvalue weighted by Crippen LogP contribution is -2.18. The molecular formula is C27H23F5N2O2. The Bertz CT molecular complexity index is 1340. The Morgan fingerprint density at radius 1 is 0.806 bits per heavy atom. The molecule has 4 nitrogen and oxygen atoms in total. The van der Waals surface area contributed by atoms with Gasteiger partial charge in [-0.2, -0.15) is 0 Å². The normalized spacial score (nSPS) is 11.6. The van der Waals surface area contributed by atoms with E-state index in [1.165, 1.54) is 6.07 Å². The van der Waals surface area contributed by atoms with Gasteiger partial charge in [0.15, 0.2) is 17.3 Å². The molecule has 0 aliphatic carbocycles. The lowest BCUT2D eigenvalue weighted by atomic mass is 9.98. The van der Waals surface area contributed by atoms with Crippen molar-refractivity contribution in [2.45, 2.75) is 39.0 Å². The molecule has 3 aromatic carbocycles. The zero-order chi connectivity index (χ0) is 25.7. The second kappa shape index (κ2) is 10.9. The fourth-order valence-corrected chi connectivity index (χ4v) is 3.89. The smallest absolute Gasteiger partial charge is 0.491 e. The summed E-state index contributed by atoms with van der Waals surface area (Å²) in [6.45, 7) is 2.43. The van der Waals surface area contributed by atoms with Crippen molar-refractivity contribution >= 4 is 10.8 Å². The van der Waals surface area contributed by atoms with Crippen molar-refractivity contribution in [1.29, 1.82) is 0 Å². The predicted molar refractivity (Wildman–Crippen MR) is 125 cm³/mol. The van der Waals surface area contributed by atoms with Crippen LogP contribution >= 0.6 is 0 Å². The number of hydrogen-bond acceptors (Lipinski definition) is 4. The van der Waals surface area contributed by atoms with Crippen molar-refractivity contribution < 1.29 is 31.4 Å². The molecular weight excluding hydrogens is 479 g/mol. The molecule has 4 rings (SSSR count). The number of aryl methyl sites for hydroxylation is 4. The van der Waals surface area contributed by atoms with Gasteiger partial charge in [-0.15, -0.1) is 13.2 Å². The summed E-state index contributed by atoms with van der Waals surface area (Å²) < 4.78 is 75.0. The van der Waals surface area contributed by atoms with Crippen LogP contribution < -0.4 is 9.47 Å². The Balaban J connectivity index is 1.40. The molecule has 0 saturated carbocycles. The van der Waals surface area contributed by atoms with Crippen LogP contribution in [0.2, 0.25) is 0 Å². The highest BCUT2D eigenvalue weighted by molar-refractivity contribution is 5.84. The summed E-state index contributed by atoms with van der Waals surface area (Å²) >= 11 is 0. The van der Waals surface area contributed by atoms with E-state index in [9.17, 15) is 17.6 Å². The van der Waals surface area contributed by atoms with Gasteiger partial charge in [-0.1, -0.05) is 36.4 Å². The Morgan fingerprint density at radius 2 is 1.50 bits per heavy atom. The molecule has 0 aliphatic rings. The third-order valence-electron chi connectivity index (χ3n) is 5.63. The van der Waals surface area contributed by atoms with E-state index in [0.29, 0.717) is 47.5 Å². The fourth-order valence-electron chi connectivity index (χ4n) is 3.89. The monoisotopic (exact) mass is 502 g/mol. The summed E-state index contributed by atoms with van der Waals surface area (Å²) in [7, 11) is 0. The van der Waals surface area contributed by atoms with E-state index >= 15 is 4.39 Å². The number of halogens is 5. The average Bonchev–Trinajstić information content (AvgIpc) is 2.84. The molecule has 36 heavy (non-hydrogen) atoms. The van der Waals surface area contributed by atoms with Crippen LogP contribution in [0.25, 0.3) is 10.8 Å². The topological polar surface area (TPSA) is 44.2 Å². The summed E-state index contributed by atoms with van der Waals surface area (Å²) in [5.41, 5.74) is 1.89. The number of benzene rings is 3. The third kappa shape index (κ3) is 6.47. The van der Waals surface area contributed by atoms with Crippen LogP contribution in [0.1, 0.15) is 29.4 Å². The Kier molecular flexibility index (Phi) is 7.67. The van der Waals surface area contributed by atoms with E-state index in [4.69, 9.17) is 4.74 Å². The minimum absolute atomic E-state index is 0.256. The first kappa shape index (κ1) is 25.3. The number of aromatic nitrogens is 2. The Hall–Kier alpha value is -3.75. The summed E-state index contributed by atoms with van der Waals surface area (Å²) in [5, 5.41) is 1.22. The van der Waals surface area contributed by atoms with E-state index in [0.717, 1.165) is 23.1 Å². The number of ether oxygens (including phenoxy) is 2. The van der Waals surface area contributed by atoms with Crippen molar-refractivity contribution in [2.24, 2.45) is 0 Å². The molecule has 0 spiro atoms. The molecule has 0 radical (unpaired) electrons. The SMILES string of the molecule is CCOc1cnc(CCc2ccc3c(F)c(CCc4ccc(OC(F)(F)F)c(F)c4)ccc3c2)nc1. The fraction of sp³-hybridized carbons (Fsp3) is 0.259. The molecule has 188 valence electrons. The van der Waals surface area contributed by atoms with E-state index in [1.54, 1.807) is 24.5 Å². The van der Waals surface area contributed by atoms with Crippen molar-refractivity contribution in [3.8, 4) is 11.5 Å². The van der Waals surface area contributed by atoms with Gasteiger partial charge in [-0.25, -0.2) is 18.7 Å². The largest absolute Gasteiger partial charge is 0.573 e. The standard InChI is InChI=1S/C27H23F5N2O2/c1-2-35-21-15-33-25(34-16-21)12-6-17-4-10-22-20(13-17)9-8-19(26(22)29)7-3-18-5-11-24(23(28)14-18)36-27(30,31)32/h4-5,8-11,13-16H,2-3,6-7,12H2,1H3. The maximum absolute atomic E-state index is 15.1. The van der Waals surface area contributed by atoms with Crippen molar-refractivity contribution in [3.63, 3.8) is 0 Å².